The molecule has 0 aliphatic heterocycles. The van der Waals surface area contributed by atoms with Gasteiger partial charge < -0.3 is 10.2 Å². The summed E-state index contributed by atoms with van der Waals surface area (Å²) in [7, 11) is 1.40. The number of nitrogens with two attached hydrogens (primary N) is 1. The van der Waals surface area contributed by atoms with Gasteiger partial charge in [0.15, 0.2) is 11.6 Å². The quantitative estimate of drug-likeness (QED) is 0.632. The van der Waals surface area contributed by atoms with Crippen LogP contribution >= 0.6 is 0 Å². The van der Waals surface area contributed by atoms with E-state index < -0.39 is 5.82 Å². The zero-order chi connectivity index (χ0) is 12.3. The number of halogens is 1. The molecule has 0 saturated carbocycles. The molecule has 0 heterocycles. The van der Waals surface area contributed by atoms with Crippen molar-refractivity contribution in [2.45, 2.75) is 0 Å². The van der Waals surface area contributed by atoms with Gasteiger partial charge in [-0.25, -0.2) is 4.39 Å². The van der Waals surface area contributed by atoms with Gasteiger partial charge in [-0.15, -0.1) is 0 Å². The Kier molecular flexibility index (Phi) is 3.25. The number of ether oxygens (including phenoxy) is 1. The van der Waals surface area contributed by atoms with Crippen molar-refractivity contribution < 1.29 is 9.13 Å². The Labute approximate surface area is 99.0 Å². The Morgan fingerprint density at radius 3 is 2.41 bits per heavy atom. The highest BCUT2D eigenvalue weighted by Crippen LogP contribution is 2.32. The first-order valence-corrected chi connectivity index (χ1v) is 5.16. The minimum absolute atomic E-state index is 0.118. The minimum atomic E-state index is -0.443. The van der Waals surface area contributed by atoms with Gasteiger partial charge in [0.05, 0.1) is 12.8 Å². The van der Waals surface area contributed by atoms with Gasteiger partial charge in [-0.1, -0.05) is 30.3 Å². The molecule has 3 nitrogen and oxygen atoms in total. The summed E-state index contributed by atoms with van der Waals surface area (Å²) in [6.07, 6.45) is 0. The molecule has 3 N–H and O–H groups in total. The van der Waals surface area contributed by atoms with Crippen LogP contribution in [0.5, 0.6) is 5.75 Å². The minimum Gasteiger partial charge on any atom is -0.492 e. The third kappa shape index (κ3) is 2.21. The lowest BCUT2D eigenvalue weighted by atomic mass is 10.0. The Morgan fingerprint density at radius 2 is 1.82 bits per heavy atom. The number of hydrogen-bond acceptors (Lipinski definition) is 3. The fraction of sp³-hybridized carbons (Fsp3) is 0.0769. The van der Waals surface area contributed by atoms with Crippen molar-refractivity contribution in [1.29, 1.82) is 0 Å². The van der Waals surface area contributed by atoms with Crippen LogP contribution in [-0.2, 0) is 0 Å². The van der Waals surface area contributed by atoms with Gasteiger partial charge in [0.2, 0.25) is 0 Å². The smallest absolute Gasteiger partial charge is 0.178 e. The van der Waals surface area contributed by atoms with E-state index in [9.17, 15) is 4.39 Å². The first-order valence-electron chi connectivity index (χ1n) is 5.16. The average molecular weight is 232 g/mol. The second-order valence-electron chi connectivity index (χ2n) is 3.55. The first-order chi connectivity index (χ1) is 8.26. The molecular weight excluding hydrogens is 219 g/mol. The largest absolute Gasteiger partial charge is 0.492 e. The standard InChI is InChI=1S/C13H13FN2O/c1-17-13-11(14)7-10(8-12(13)16-15)9-5-3-2-4-6-9/h2-8,16H,15H2,1H3. The van der Waals surface area contributed by atoms with Crippen LogP contribution in [0.1, 0.15) is 0 Å². The normalized spacial score (nSPS) is 10.1. The van der Waals surface area contributed by atoms with E-state index in [4.69, 9.17) is 10.6 Å². The zero-order valence-electron chi connectivity index (χ0n) is 9.41. The molecule has 4 heteroatoms. The van der Waals surface area contributed by atoms with Crippen LogP contribution in [-0.4, -0.2) is 7.11 Å². The van der Waals surface area contributed by atoms with E-state index >= 15 is 0 Å². The van der Waals surface area contributed by atoms with Crippen molar-refractivity contribution in [1.82, 2.24) is 0 Å². The molecule has 0 bridgehead atoms. The van der Waals surface area contributed by atoms with Crippen LogP contribution in [0.4, 0.5) is 10.1 Å². The number of nitrogen functional groups attached to an aromatic ring is 1. The molecule has 0 aromatic heterocycles. The molecule has 0 atom stereocenters. The fourth-order valence-corrected chi connectivity index (χ4v) is 1.71. The molecule has 0 amide bonds. The lowest BCUT2D eigenvalue weighted by molar-refractivity contribution is 0.388. The molecule has 17 heavy (non-hydrogen) atoms. The SMILES string of the molecule is COc1c(F)cc(-c2ccccc2)cc1NN. The Hall–Kier alpha value is -2.07. The van der Waals surface area contributed by atoms with Crippen molar-refractivity contribution in [3.05, 3.63) is 48.3 Å². The maximum Gasteiger partial charge on any atom is 0.178 e. The molecule has 2 aromatic rings. The van der Waals surface area contributed by atoms with E-state index in [-0.39, 0.29) is 5.75 Å². The maximum atomic E-state index is 13.8. The van der Waals surface area contributed by atoms with Gasteiger partial charge in [0.25, 0.3) is 0 Å². The fourth-order valence-electron chi connectivity index (χ4n) is 1.71. The van der Waals surface area contributed by atoms with E-state index in [1.54, 1.807) is 6.07 Å². The molecule has 0 fully saturated rings. The number of benzene rings is 2. The van der Waals surface area contributed by atoms with E-state index in [2.05, 4.69) is 5.43 Å². The number of methoxy groups -OCH3 is 1. The van der Waals surface area contributed by atoms with Gasteiger partial charge in [0, 0.05) is 0 Å². The second-order valence-corrected chi connectivity index (χ2v) is 3.55. The summed E-state index contributed by atoms with van der Waals surface area (Å²) in [4.78, 5) is 0. The number of hydrazine groups is 1. The lowest BCUT2D eigenvalue weighted by Crippen LogP contribution is -2.09. The third-order valence-electron chi connectivity index (χ3n) is 2.51. The van der Waals surface area contributed by atoms with Crippen LogP contribution in [0, 0.1) is 5.82 Å². The van der Waals surface area contributed by atoms with Crippen LogP contribution in [0.25, 0.3) is 11.1 Å². The lowest BCUT2D eigenvalue weighted by Gasteiger charge is -2.11. The first kappa shape index (κ1) is 11.4. The van der Waals surface area contributed by atoms with E-state index in [0.717, 1.165) is 11.1 Å². The van der Waals surface area contributed by atoms with Gasteiger partial charge in [-0.05, 0) is 23.3 Å². The highest BCUT2D eigenvalue weighted by molar-refractivity contribution is 5.72. The number of hydrogen-bond donors (Lipinski definition) is 2. The molecule has 0 unspecified atom stereocenters. The summed E-state index contributed by atoms with van der Waals surface area (Å²) < 4.78 is 18.7. The summed E-state index contributed by atoms with van der Waals surface area (Å²) in [5, 5.41) is 0. The predicted molar refractivity (Wildman–Crippen MR) is 66.2 cm³/mol. The second kappa shape index (κ2) is 4.84. The number of rotatable bonds is 3. The molecule has 0 aliphatic carbocycles. The van der Waals surface area contributed by atoms with Crippen molar-refractivity contribution in [3.8, 4) is 16.9 Å². The molecule has 88 valence electrons. The van der Waals surface area contributed by atoms with Crippen LogP contribution in [0.2, 0.25) is 0 Å². The van der Waals surface area contributed by atoms with E-state index in [1.807, 2.05) is 30.3 Å². The van der Waals surface area contributed by atoms with Crippen molar-refractivity contribution in [2.75, 3.05) is 12.5 Å². The summed E-state index contributed by atoms with van der Waals surface area (Å²) in [5.74, 6) is 5.02. The van der Waals surface area contributed by atoms with Gasteiger partial charge in [0.1, 0.15) is 0 Å². The van der Waals surface area contributed by atoms with Crippen LogP contribution in [0.3, 0.4) is 0 Å². The monoisotopic (exact) mass is 232 g/mol. The highest BCUT2D eigenvalue weighted by atomic mass is 19.1. The Morgan fingerprint density at radius 1 is 1.12 bits per heavy atom. The van der Waals surface area contributed by atoms with Crippen molar-refractivity contribution >= 4 is 5.69 Å². The highest BCUT2D eigenvalue weighted by Gasteiger charge is 2.11. The van der Waals surface area contributed by atoms with Crippen LogP contribution < -0.4 is 16.0 Å². The predicted octanol–water partition coefficient (Wildman–Crippen LogP) is 2.79. The van der Waals surface area contributed by atoms with Crippen molar-refractivity contribution in [3.63, 3.8) is 0 Å². The molecule has 0 saturated heterocycles. The van der Waals surface area contributed by atoms with Crippen LogP contribution in [0.15, 0.2) is 42.5 Å². The molecule has 0 spiro atoms. The molecule has 2 rings (SSSR count). The molecular formula is C13H13FN2O. The molecule has 0 aliphatic rings. The number of nitrogens with one attached hydrogen (secondary N) is 1. The zero-order valence-corrected chi connectivity index (χ0v) is 9.41. The summed E-state index contributed by atoms with van der Waals surface area (Å²) >= 11 is 0. The van der Waals surface area contributed by atoms with E-state index in [0.29, 0.717) is 5.69 Å². The molecule has 0 radical (unpaired) electrons. The Bertz CT molecular complexity index is 514. The summed E-state index contributed by atoms with van der Waals surface area (Å²) in [6, 6.07) is 12.7. The summed E-state index contributed by atoms with van der Waals surface area (Å²) in [5.41, 5.74) is 4.52. The van der Waals surface area contributed by atoms with Gasteiger partial charge in [-0.3, -0.25) is 5.84 Å². The van der Waals surface area contributed by atoms with E-state index in [1.165, 1.54) is 13.2 Å². The topological polar surface area (TPSA) is 47.3 Å². The maximum absolute atomic E-state index is 13.8. The number of anilines is 1. The van der Waals surface area contributed by atoms with Crippen molar-refractivity contribution in [2.24, 2.45) is 5.84 Å². The average Bonchev–Trinajstić information content (AvgIpc) is 2.38. The Balaban J connectivity index is 2.54. The van der Waals surface area contributed by atoms with Gasteiger partial charge >= 0.3 is 0 Å². The molecule has 2 aromatic carbocycles. The summed E-state index contributed by atoms with van der Waals surface area (Å²) in [6.45, 7) is 0. The van der Waals surface area contributed by atoms with Gasteiger partial charge in [-0.2, -0.15) is 0 Å². The third-order valence-corrected chi connectivity index (χ3v) is 2.51.